The molecule has 0 radical (unpaired) electrons. The summed E-state index contributed by atoms with van der Waals surface area (Å²) in [7, 11) is 0. The van der Waals surface area contributed by atoms with E-state index in [2.05, 4.69) is 4.84 Å². The van der Waals surface area contributed by atoms with Crippen LogP contribution in [0.15, 0.2) is 0 Å². The van der Waals surface area contributed by atoms with Crippen molar-refractivity contribution in [3.63, 3.8) is 0 Å². The highest BCUT2D eigenvalue weighted by molar-refractivity contribution is 6.00. The molecule has 2 aliphatic rings. The van der Waals surface area contributed by atoms with Gasteiger partial charge < -0.3 is 4.84 Å². The quantitative estimate of drug-likeness (QED) is 0.398. The molecule has 3 N–H and O–H groups in total. The van der Waals surface area contributed by atoms with Gasteiger partial charge in [0.15, 0.2) is 0 Å². The molecule has 1 saturated carbocycles. The number of nitrogens with zero attached hydrogens (tertiary/aromatic N) is 1. The molecule has 7 heteroatoms. The fraction of sp³-hybridized carbons (Fsp3) is 0.727. The van der Waals surface area contributed by atoms with Crippen molar-refractivity contribution >= 4 is 17.8 Å². The molecule has 18 heavy (non-hydrogen) atoms. The van der Waals surface area contributed by atoms with E-state index in [1.807, 2.05) is 0 Å². The molecule has 2 rings (SSSR count). The Bertz CT molecular complexity index is 349. The minimum absolute atomic E-state index is 0.0406. The van der Waals surface area contributed by atoms with Crippen LogP contribution in [-0.4, -0.2) is 29.2 Å². The van der Waals surface area contributed by atoms with E-state index in [9.17, 15) is 14.4 Å². The molecule has 2 unspecified atom stereocenters. The van der Waals surface area contributed by atoms with E-state index in [0.29, 0.717) is 6.42 Å². The normalized spacial score (nSPS) is 27.3. The number of rotatable bonds is 4. The Kier molecular flexibility index (Phi) is 3.93. The van der Waals surface area contributed by atoms with Crippen LogP contribution in [0.4, 0.5) is 0 Å². The van der Waals surface area contributed by atoms with E-state index in [1.165, 1.54) is 4.90 Å². The number of carbonyl (C=O) groups is 3. The number of imide groups is 1. The number of hydrogen-bond acceptors (Lipinski definition) is 6. The van der Waals surface area contributed by atoms with Crippen LogP contribution in [0, 0.1) is 11.8 Å². The predicted molar refractivity (Wildman–Crippen MR) is 60.2 cm³/mol. The second-order valence-electron chi connectivity index (χ2n) is 4.73. The average Bonchev–Trinajstić information content (AvgIpc) is 2.37. The first-order valence-electron chi connectivity index (χ1n) is 6.14. The van der Waals surface area contributed by atoms with Crippen LogP contribution < -0.4 is 11.4 Å². The summed E-state index contributed by atoms with van der Waals surface area (Å²) >= 11 is 0. The van der Waals surface area contributed by atoms with E-state index in [4.69, 9.17) is 5.84 Å². The van der Waals surface area contributed by atoms with E-state index < -0.39 is 5.97 Å². The molecule has 2 atom stereocenters. The summed E-state index contributed by atoms with van der Waals surface area (Å²) in [4.78, 5) is 40.7. The summed E-state index contributed by atoms with van der Waals surface area (Å²) in [6.07, 6.45) is 3.24. The standard InChI is InChI=1S/C11H17N3O4/c12-13-18-9(15)4-5-14-10(16)7-2-1-3-8(6-7)11(14)17/h7-8,13H,1-6,12H2. The molecule has 1 heterocycles. The predicted octanol–water partition coefficient (Wildman–Crippen LogP) is -0.527. The summed E-state index contributed by atoms with van der Waals surface area (Å²) in [6, 6.07) is 0. The zero-order valence-electron chi connectivity index (χ0n) is 10.1. The molecule has 7 nitrogen and oxygen atoms in total. The van der Waals surface area contributed by atoms with Crippen molar-refractivity contribution in [1.82, 2.24) is 10.5 Å². The molecular formula is C11H17N3O4. The van der Waals surface area contributed by atoms with Gasteiger partial charge in [0, 0.05) is 18.4 Å². The van der Waals surface area contributed by atoms with Gasteiger partial charge >= 0.3 is 5.97 Å². The highest BCUT2D eigenvalue weighted by Crippen LogP contribution is 2.36. The molecule has 0 aromatic carbocycles. The largest absolute Gasteiger partial charge is 0.356 e. The number of carbonyl (C=O) groups excluding carboxylic acids is 3. The molecule has 1 aliphatic carbocycles. The number of amides is 2. The first-order chi connectivity index (χ1) is 8.63. The van der Waals surface area contributed by atoms with Gasteiger partial charge in [-0.1, -0.05) is 12.0 Å². The third-order valence-corrected chi connectivity index (χ3v) is 3.62. The lowest BCUT2D eigenvalue weighted by molar-refractivity contribution is -0.159. The van der Waals surface area contributed by atoms with Crippen LogP contribution in [-0.2, 0) is 19.2 Å². The lowest BCUT2D eigenvalue weighted by Crippen LogP contribution is -2.51. The Morgan fingerprint density at radius 2 is 1.94 bits per heavy atom. The molecule has 1 aliphatic heterocycles. The van der Waals surface area contributed by atoms with Crippen molar-refractivity contribution in [1.29, 1.82) is 0 Å². The monoisotopic (exact) mass is 255 g/mol. The van der Waals surface area contributed by atoms with Crippen LogP contribution in [0.1, 0.15) is 32.1 Å². The van der Waals surface area contributed by atoms with Crippen LogP contribution in [0.3, 0.4) is 0 Å². The molecule has 1 saturated heterocycles. The van der Waals surface area contributed by atoms with Gasteiger partial charge in [-0.3, -0.25) is 19.3 Å². The van der Waals surface area contributed by atoms with Gasteiger partial charge in [-0.2, -0.15) is 0 Å². The molecule has 2 bridgehead atoms. The van der Waals surface area contributed by atoms with Crippen molar-refractivity contribution in [3.05, 3.63) is 0 Å². The second-order valence-corrected chi connectivity index (χ2v) is 4.73. The summed E-state index contributed by atoms with van der Waals surface area (Å²) in [5.41, 5.74) is 1.78. The van der Waals surface area contributed by atoms with Crippen molar-refractivity contribution in [2.24, 2.45) is 17.7 Å². The van der Waals surface area contributed by atoms with Crippen LogP contribution >= 0.6 is 0 Å². The number of nitrogens with one attached hydrogen (secondary N) is 1. The van der Waals surface area contributed by atoms with Gasteiger partial charge in [0.2, 0.25) is 11.8 Å². The smallest absolute Gasteiger partial charge is 0.328 e. The fourth-order valence-corrected chi connectivity index (χ4v) is 2.73. The molecule has 0 spiro atoms. The van der Waals surface area contributed by atoms with E-state index in [0.717, 1.165) is 19.3 Å². The van der Waals surface area contributed by atoms with Crippen molar-refractivity contribution in [2.45, 2.75) is 32.1 Å². The molecule has 2 fully saturated rings. The van der Waals surface area contributed by atoms with Crippen molar-refractivity contribution in [3.8, 4) is 0 Å². The number of piperidine rings is 1. The van der Waals surface area contributed by atoms with E-state index in [1.54, 1.807) is 5.59 Å². The average molecular weight is 255 g/mol. The second kappa shape index (κ2) is 5.45. The lowest BCUT2D eigenvalue weighted by atomic mass is 9.77. The summed E-state index contributed by atoms with van der Waals surface area (Å²) in [5.74, 6) is 3.84. The summed E-state index contributed by atoms with van der Waals surface area (Å²) in [6.45, 7) is 0.0746. The first-order valence-corrected chi connectivity index (χ1v) is 6.14. The van der Waals surface area contributed by atoms with Crippen LogP contribution in [0.25, 0.3) is 0 Å². The number of likely N-dealkylation sites (tertiary alicyclic amines) is 1. The highest BCUT2D eigenvalue weighted by atomic mass is 16.7. The zero-order chi connectivity index (χ0) is 13.1. The lowest BCUT2D eigenvalue weighted by Gasteiger charge is -2.38. The third-order valence-electron chi connectivity index (χ3n) is 3.62. The van der Waals surface area contributed by atoms with Crippen LogP contribution in [0.2, 0.25) is 0 Å². The minimum atomic E-state index is -0.589. The fourth-order valence-electron chi connectivity index (χ4n) is 2.73. The maximum absolute atomic E-state index is 12.0. The van der Waals surface area contributed by atoms with Gasteiger partial charge in [-0.25, -0.2) is 5.84 Å². The van der Waals surface area contributed by atoms with Gasteiger partial charge in [0.05, 0.1) is 6.42 Å². The number of hydrogen-bond donors (Lipinski definition) is 2. The molecule has 100 valence electrons. The van der Waals surface area contributed by atoms with Gasteiger partial charge in [0.1, 0.15) is 0 Å². The van der Waals surface area contributed by atoms with Crippen LogP contribution in [0.5, 0.6) is 0 Å². The Balaban J connectivity index is 1.96. The SMILES string of the molecule is NNOC(=O)CCN1C(=O)C2CCCC(C2)C1=O. The molecule has 2 amide bonds. The minimum Gasteiger partial charge on any atom is -0.356 e. The number of hydrazine groups is 1. The van der Waals surface area contributed by atoms with Gasteiger partial charge in [0.25, 0.3) is 0 Å². The Morgan fingerprint density at radius 3 is 2.50 bits per heavy atom. The Morgan fingerprint density at radius 1 is 1.33 bits per heavy atom. The van der Waals surface area contributed by atoms with Crippen molar-refractivity contribution in [2.75, 3.05) is 6.54 Å². The van der Waals surface area contributed by atoms with Crippen molar-refractivity contribution < 1.29 is 19.2 Å². The Labute approximate surface area is 105 Å². The molecular weight excluding hydrogens is 238 g/mol. The third kappa shape index (κ3) is 2.51. The zero-order valence-corrected chi connectivity index (χ0v) is 10.1. The first kappa shape index (κ1) is 13.0. The summed E-state index contributed by atoms with van der Waals surface area (Å²) in [5, 5.41) is 0. The maximum Gasteiger partial charge on any atom is 0.328 e. The maximum atomic E-state index is 12.0. The molecule has 0 aromatic rings. The van der Waals surface area contributed by atoms with Gasteiger partial charge in [-0.15, -0.1) is 0 Å². The Hall–Kier alpha value is -1.47. The van der Waals surface area contributed by atoms with Gasteiger partial charge in [-0.05, 0) is 19.3 Å². The van der Waals surface area contributed by atoms with E-state index in [-0.39, 0.29) is 36.6 Å². The summed E-state index contributed by atoms with van der Waals surface area (Å²) < 4.78 is 0. The topological polar surface area (TPSA) is 102 Å². The number of nitrogens with two attached hydrogens (primary N) is 1. The number of fused-ring (bicyclic) bond motifs is 2. The highest BCUT2D eigenvalue weighted by Gasteiger charge is 2.42. The molecule has 0 aromatic heterocycles. The van der Waals surface area contributed by atoms with E-state index >= 15 is 0 Å².